The highest BCUT2D eigenvalue weighted by atomic mass is 35.5. The summed E-state index contributed by atoms with van der Waals surface area (Å²) in [7, 11) is -1.25. The molecule has 2 amide bonds. The number of nitrogens with one attached hydrogen (secondary N) is 1. The Hall–Kier alpha value is -2.33. The molecule has 0 aromatic heterocycles. The van der Waals surface area contributed by atoms with Crippen LogP contribution in [0.1, 0.15) is 44.4 Å². The number of hydrogen-bond acceptors (Lipinski definition) is 4. The quantitative estimate of drug-likeness (QED) is 0.478. The third-order valence-electron chi connectivity index (χ3n) is 5.71. The van der Waals surface area contributed by atoms with Gasteiger partial charge in [-0.25, -0.2) is 4.31 Å². The van der Waals surface area contributed by atoms with Crippen LogP contribution in [-0.4, -0.2) is 61.7 Å². The van der Waals surface area contributed by atoms with Gasteiger partial charge in [0.2, 0.25) is 11.8 Å². The van der Waals surface area contributed by atoms with Crippen LogP contribution in [0.25, 0.3) is 0 Å². The second kappa shape index (κ2) is 12.0. The lowest BCUT2D eigenvalue weighted by atomic mass is 10.1. The molecule has 0 aliphatic heterocycles. The van der Waals surface area contributed by atoms with Crippen LogP contribution in [0.2, 0.25) is 10.0 Å². The third-order valence-corrected chi connectivity index (χ3v) is 8.22. The van der Waals surface area contributed by atoms with E-state index in [-0.39, 0.29) is 6.54 Å². The summed E-state index contributed by atoms with van der Waals surface area (Å²) in [6.07, 6.45) is 0. The van der Waals surface area contributed by atoms with Gasteiger partial charge < -0.3 is 10.2 Å². The molecule has 1 N–H and O–H groups in total. The van der Waals surface area contributed by atoms with Crippen LogP contribution in [0.4, 0.5) is 5.69 Å². The number of hydrogen-bond donors (Lipinski definition) is 1. The molecule has 204 valence electrons. The van der Waals surface area contributed by atoms with Gasteiger partial charge in [-0.05, 0) is 70.9 Å². The number of benzene rings is 2. The predicted molar refractivity (Wildman–Crippen MR) is 150 cm³/mol. The van der Waals surface area contributed by atoms with Crippen LogP contribution < -0.4 is 9.62 Å². The maximum absolute atomic E-state index is 13.9. The zero-order valence-electron chi connectivity index (χ0n) is 22.6. The van der Waals surface area contributed by atoms with Crippen LogP contribution in [0.3, 0.4) is 0 Å². The van der Waals surface area contributed by atoms with Crippen molar-refractivity contribution < 1.29 is 18.0 Å². The molecule has 37 heavy (non-hydrogen) atoms. The molecule has 0 aliphatic rings. The van der Waals surface area contributed by atoms with E-state index in [1.807, 2.05) is 33.8 Å². The van der Waals surface area contributed by atoms with Gasteiger partial charge in [-0.3, -0.25) is 9.59 Å². The van der Waals surface area contributed by atoms with Gasteiger partial charge in [0.15, 0.2) is 0 Å². The number of anilines is 1. The summed E-state index contributed by atoms with van der Waals surface area (Å²) in [4.78, 5) is 28.3. The van der Waals surface area contributed by atoms with E-state index >= 15 is 0 Å². The minimum absolute atomic E-state index is 0.0846. The number of rotatable bonds is 9. The van der Waals surface area contributed by atoms with Gasteiger partial charge in [-0.1, -0.05) is 41.4 Å². The summed E-state index contributed by atoms with van der Waals surface area (Å²) in [5.41, 5.74) is 1.82. The highest BCUT2D eigenvalue weighted by molar-refractivity contribution is 7.90. The van der Waals surface area contributed by atoms with Gasteiger partial charge >= 0.3 is 10.2 Å². The Balaban J connectivity index is 2.58. The van der Waals surface area contributed by atoms with Crippen LogP contribution >= 0.6 is 23.2 Å². The average molecular weight is 572 g/mol. The molecule has 11 heteroatoms. The van der Waals surface area contributed by atoms with E-state index in [2.05, 4.69) is 5.32 Å². The molecule has 0 fully saturated rings. The molecule has 2 aromatic rings. The summed E-state index contributed by atoms with van der Waals surface area (Å²) in [5.74, 6) is -0.975. The normalized spacial score (nSPS) is 12.8. The van der Waals surface area contributed by atoms with Gasteiger partial charge in [-0.15, -0.1) is 0 Å². The summed E-state index contributed by atoms with van der Waals surface area (Å²) in [6.45, 7) is 10.1. The van der Waals surface area contributed by atoms with Crippen molar-refractivity contribution in [2.75, 3.05) is 24.9 Å². The number of carbonyl (C=O) groups is 2. The SMILES string of the molecule is Cc1ccc(C)c(N(CC(=O)N(Cc2c(Cl)cccc2Cl)[C@@H](C)C(=O)NC(C)(C)C)S(=O)(=O)N(C)C)c1. The van der Waals surface area contributed by atoms with Gasteiger partial charge in [-0.2, -0.15) is 12.7 Å². The number of nitrogens with zero attached hydrogens (tertiary/aromatic N) is 3. The largest absolute Gasteiger partial charge is 0.350 e. The summed E-state index contributed by atoms with van der Waals surface area (Å²) in [5, 5.41) is 3.55. The molecule has 0 saturated carbocycles. The highest BCUT2D eigenvalue weighted by Gasteiger charge is 2.34. The smallest absolute Gasteiger partial charge is 0.304 e. The summed E-state index contributed by atoms with van der Waals surface area (Å²) in [6, 6.07) is 9.41. The first-order chi connectivity index (χ1) is 17.0. The maximum atomic E-state index is 13.9. The molecule has 0 spiro atoms. The monoisotopic (exact) mass is 570 g/mol. The van der Waals surface area contributed by atoms with E-state index in [0.717, 1.165) is 14.2 Å². The Bertz CT molecular complexity index is 1240. The third kappa shape index (κ3) is 7.83. The van der Waals surface area contributed by atoms with E-state index in [9.17, 15) is 18.0 Å². The van der Waals surface area contributed by atoms with Gasteiger partial charge in [0.25, 0.3) is 0 Å². The Morgan fingerprint density at radius 2 is 1.59 bits per heavy atom. The predicted octanol–water partition coefficient (Wildman–Crippen LogP) is 4.56. The van der Waals surface area contributed by atoms with Crippen molar-refractivity contribution in [1.29, 1.82) is 0 Å². The molecular formula is C26H36Cl2N4O4S. The molecule has 2 aromatic carbocycles. The molecule has 0 heterocycles. The van der Waals surface area contributed by atoms with Crippen molar-refractivity contribution in [3.8, 4) is 0 Å². The molecule has 2 rings (SSSR count). The van der Waals surface area contributed by atoms with Crippen molar-refractivity contribution in [3.05, 3.63) is 63.1 Å². The Kier molecular flexibility index (Phi) is 10.0. The van der Waals surface area contributed by atoms with E-state index in [1.54, 1.807) is 44.2 Å². The van der Waals surface area contributed by atoms with Gasteiger partial charge in [0, 0.05) is 41.8 Å². The molecular weight excluding hydrogens is 535 g/mol. The van der Waals surface area contributed by atoms with Crippen LogP contribution in [0, 0.1) is 13.8 Å². The Morgan fingerprint density at radius 1 is 1.03 bits per heavy atom. The standard InChI is InChI=1S/C26H36Cl2N4O4S/c1-17-12-13-18(2)23(14-17)32(37(35,36)30(7)8)16-24(33)31(19(3)25(34)29-26(4,5)6)15-20-21(27)10-9-11-22(20)28/h9-14,19H,15-16H2,1-8H3,(H,29,34)/t19-/m0/s1. The second-order valence-corrected chi connectivity index (χ2v) is 13.1. The molecule has 0 bridgehead atoms. The first-order valence-corrected chi connectivity index (χ1v) is 13.9. The topological polar surface area (TPSA) is 90.0 Å². The molecule has 8 nitrogen and oxygen atoms in total. The average Bonchev–Trinajstić information content (AvgIpc) is 2.77. The minimum atomic E-state index is -4.06. The van der Waals surface area contributed by atoms with Crippen LogP contribution in [-0.2, 0) is 26.3 Å². The van der Waals surface area contributed by atoms with Crippen molar-refractivity contribution in [1.82, 2.24) is 14.5 Å². The molecule has 0 radical (unpaired) electrons. The van der Waals surface area contributed by atoms with Crippen molar-refractivity contribution in [3.63, 3.8) is 0 Å². The molecule has 1 atom stereocenters. The van der Waals surface area contributed by atoms with Crippen molar-refractivity contribution in [2.45, 2.75) is 59.7 Å². The molecule has 0 saturated heterocycles. The molecule has 0 aliphatic carbocycles. The lowest BCUT2D eigenvalue weighted by Crippen LogP contribution is -2.55. The lowest BCUT2D eigenvalue weighted by molar-refractivity contribution is -0.140. The van der Waals surface area contributed by atoms with E-state index < -0.39 is 40.1 Å². The molecule has 0 unspecified atom stereocenters. The summed E-state index contributed by atoms with van der Waals surface area (Å²) < 4.78 is 28.9. The Labute approximate surface area is 230 Å². The van der Waals surface area contributed by atoms with Crippen molar-refractivity contribution in [2.24, 2.45) is 0 Å². The first-order valence-electron chi connectivity index (χ1n) is 11.8. The van der Waals surface area contributed by atoms with Gasteiger partial charge in [0.05, 0.1) is 5.69 Å². The van der Waals surface area contributed by atoms with E-state index in [4.69, 9.17) is 23.2 Å². The number of halogens is 2. The van der Waals surface area contributed by atoms with E-state index in [0.29, 0.717) is 26.9 Å². The fourth-order valence-corrected chi connectivity index (χ4v) is 5.23. The highest BCUT2D eigenvalue weighted by Crippen LogP contribution is 2.29. The fraction of sp³-hybridized carbons (Fsp3) is 0.462. The second-order valence-electron chi connectivity index (χ2n) is 10.2. The minimum Gasteiger partial charge on any atom is -0.350 e. The van der Waals surface area contributed by atoms with Crippen LogP contribution in [0.5, 0.6) is 0 Å². The zero-order valence-corrected chi connectivity index (χ0v) is 24.9. The van der Waals surface area contributed by atoms with Crippen LogP contribution in [0.15, 0.2) is 36.4 Å². The zero-order chi connectivity index (χ0) is 28.3. The Morgan fingerprint density at radius 3 is 2.11 bits per heavy atom. The van der Waals surface area contributed by atoms with Gasteiger partial charge in [0.1, 0.15) is 12.6 Å². The number of carbonyl (C=O) groups excluding carboxylic acids is 2. The number of aryl methyl sites for hydroxylation is 2. The maximum Gasteiger partial charge on any atom is 0.304 e. The summed E-state index contributed by atoms with van der Waals surface area (Å²) >= 11 is 12.8. The fourth-order valence-electron chi connectivity index (χ4n) is 3.60. The first kappa shape index (κ1) is 30.9. The van der Waals surface area contributed by atoms with E-state index in [1.165, 1.54) is 19.0 Å². The number of amides is 2. The lowest BCUT2D eigenvalue weighted by Gasteiger charge is -2.34. The van der Waals surface area contributed by atoms with Crippen molar-refractivity contribution >= 4 is 50.9 Å².